The summed E-state index contributed by atoms with van der Waals surface area (Å²) in [6.07, 6.45) is 14.6. The van der Waals surface area contributed by atoms with Crippen LogP contribution in [0.15, 0.2) is 24.3 Å². The van der Waals surface area contributed by atoms with Crippen molar-refractivity contribution >= 4 is 6.79 Å². The fraction of sp³-hybridized carbons (Fsp3) is 0.667. The van der Waals surface area contributed by atoms with Gasteiger partial charge in [0.1, 0.15) is 12.5 Å². The second-order valence-electron chi connectivity index (χ2n) is 6.14. The highest BCUT2D eigenvalue weighted by Gasteiger charge is 1.99. The first-order chi connectivity index (χ1) is 12.3. The van der Waals surface area contributed by atoms with Crippen molar-refractivity contribution in [3.05, 3.63) is 29.8 Å². The van der Waals surface area contributed by atoms with Crippen molar-refractivity contribution in [2.45, 2.75) is 77.6 Å². The molecule has 0 bridgehead atoms. The minimum absolute atomic E-state index is 0.457. The number of phenols is 1. The Hall–Kier alpha value is -1.39. The molecule has 0 unspecified atom stereocenters. The third kappa shape index (κ3) is 18.8. The smallest absolute Gasteiger partial charge is 0.118 e. The summed E-state index contributed by atoms with van der Waals surface area (Å²) >= 11 is 0. The molecule has 1 aromatic rings. The molecule has 0 amide bonds. The molecular formula is C21H40N2O2. The van der Waals surface area contributed by atoms with Crippen molar-refractivity contribution < 1.29 is 9.90 Å². The number of benzene rings is 1. The number of nitrogens with two attached hydrogens (primary N) is 2. The van der Waals surface area contributed by atoms with E-state index in [-0.39, 0.29) is 0 Å². The number of unbranched alkanes of at least 4 members (excludes halogenated alkanes) is 9. The summed E-state index contributed by atoms with van der Waals surface area (Å²) in [5, 5.41) is 9.65. The van der Waals surface area contributed by atoms with Crippen LogP contribution in [0.1, 0.15) is 76.7 Å². The van der Waals surface area contributed by atoms with Crippen LogP contribution in [-0.2, 0) is 11.2 Å². The molecule has 0 atom stereocenters. The van der Waals surface area contributed by atoms with E-state index in [2.05, 4.69) is 6.92 Å². The minimum Gasteiger partial charge on any atom is -0.508 e. The van der Waals surface area contributed by atoms with E-state index in [4.69, 9.17) is 16.3 Å². The van der Waals surface area contributed by atoms with E-state index in [1.165, 1.54) is 64.2 Å². The van der Waals surface area contributed by atoms with Gasteiger partial charge in [-0.15, -0.1) is 0 Å². The van der Waals surface area contributed by atoms with Gasteiger partial charge in [-0.1, -0.05) is 82.9 Å². The highest BCUT2D eigenvalue weighted by molar-refractivity contribution is 5.31. The predicted octanol–water partition coefficient (Wildman–Crippen LogP) is 4.57. The average molecular weight is 353 g/mol. The summed E-state index contributed by atoms with van der Waals surface area (Å²) in [6, 6.07) is 7.71. The van der Waals surface area contributed by atoms with Gasteiger partial charge < -0.3 is 21.4 Å². The zero-order valence-corrected chi connectivity index (χ0v) is 16.2. The lowest BCUT2D eigenvalue weighted by Gasteiger charge is -2.04. The minimum atomic E-state index is 0.457. The van der Waals surface area contributed by atoms with Crippen molar-refractivity contribution in [2.75, 3.05) is 13.1 Å². The Labute approximate surface area is 155 Å². The lowest BCUT2D eigenvalue weighted by atomic mass is 10.0. The first kappa shape index (κ1) is 25.8. The zero-order valence-electron chi connectivity index (χ0n) is 16.2. The number of carbonyl (C=O) groups excluding carboxylic acids is 1. The Morgan fingerprint density at radius 2 is 1.24 bits per heavy atom. The van der Waals surface area contributed by atoms with Gasteiger partial charge in [0.15, 0.2) is 0 Å². The Morgan fingerprint density at radius 1 is 0.800 bits per heavy atom. The van der Waals surface area contributed by atoms with Gasteiger partial charge in [-0.25, -0.2) is 0 Å². The lowest BCUT2D eigenvalue weighted by Crippen LogP contribution is -2.11. The fourth-order valence-electron chi connectivity index (χ4n) is 2.53. The van der Waals surface area contributed by atoms with E-state index in [0.29, 0.717) is 18.8 Å². The van der Waals surface area contributed by atoms with Gasteiger partial charge >= 0.3 is 0 Å². The van der Waals surface area contributed by atoms with Crippen molar-refractivity contribution in [2.24, 2.45) is 11.5 Å². The molecule has 0 heterocycles. The lowest BCUT2D eigenvalue weighted by molar-refractivity contribution is -0.0979. The number of rotatable bonds is 12. The van der Waals surface area contributed by atoms with E-state index >= 15 is 0 Å². The van der Waals surface area contributed by atoms with Gasteiger partial charge in [-0.2, -0.15) is 0 Å². The van der Waals surface area contributed by atoms with Gasteiger partial charge in [0.05, 0.1) is 0 Å². The molecule has 146 valence electrons. The van der Waals surface area contributed by atoms with E-state index in [1.54, 1.807) is 6.07 Å². The van der Waals surface area contributed by atoms with Crippen LogP contribution in [0.3, 0.4) is 0 Å². The number of aryl methyl sites for hydroxylation is 1. The molecule has 1 rings (SSSR count). The van der Waals surface area contributed by atoms with Crippen LogP contribution in [0, 0.1) is 0 Å². The maximum absolute atomic E-state index is 9.65. The number of aromatic hydroxyl groups is 1. The number of carbonyl (C=O) groups is 1. The van der Waals surface area contributed by atoms with E-state index < -0.39 is 0 Å². The fourth-order valence-corrected chi connectivity index (χ4v) is 2.53. The topological polar surface area (TPSA) is 89.3 Å². The summed E-state index contributed by atoms with van der Waals surface area (Å²) in [4.78, 5) is 8.00. The molecule has 25 heavy (non-hydrogen) atoms. The molecule has 0 aliphatic rings. The number of hydrogen-bond donors (Lipinski definition) is 3. The first-order valence-corrected chi connectivity index (χ1v) is 9.72. The Morgan fingerprint density at radius 3 is 1.68 bits per heavy atom. The summed E-state index contributed by atoms with van der Waals surface area (Å²) in [5.41, 5.74) is 10.9. The number of para-hydroxylation sites is 1. The first-order valence-electron chi connectivity index (χ1n) is 9.72. The van der Waals surface area contributed by atoms with Crippen LogP contribution in [-0.4, -0.2) is 25.0 Å². The second kappa shape index (κ2) is 22.6. The molecule has 0 spiro atoms. The van der Waals surface area contributed by atoms with Gasteiger partial charge in [0.2, 0.25) is 0 Å². The molecule has 0 radical (unpaired) electrons. The summed E-state index contributed by atoms with van der Waals surface area (Å²) < 4.78 is 0. The summed E-state index contributed by atoms with van der Waals surface area (Å²) in [6.45, 7) is 5.46. The Bertz CT molecular complexity index is 371. The van der Waals surface area contributed by atoms with E-state index in [0.717, 1.165) is 12.0 Å². The van der Waals surface area contributed by atoms with Gasteiger partial charge in [0.25, 0.3) is 0 Å². The molecular weight excluding hydrogens is 312 g/mol. The van der Waals surface area contributed by atoms with E-state index in [1.807, 2.05) is 25.0 Å². The van der Waals surface area contributed by atoms with E-state index in [9.17, 15) is 5.11 Å². The van der Waals surface area contributed by atoms with Crippen LogP contribution in [0.2, 0.25) is 0 Å². The maximum atomic E-state index is 9.65. The zero-order chi connectivity index (χ0) is 19.2. The summed E-state index contributed by atoms with van der Waals surface area (Å²) in [5.74, 6) is 0.457. The second-order valence-corrected chi connectivity index (χ2v) is 6.14. The highest BCUT2D eigenvalue weighted by atomic mass is 16.3. The molecule has 0 saturated heterocycles. The monoisotopic (exact) mass is 352 g/mol. The van der Waals surface area contributed by atoms with Crippen LogP contribution in [0.25, 0.3) is 0 Å². The molecule has 0 fully saturated rings. The van der Waals surface area contributed by atoms with Crippen molar-refractivity contribution in [3.8, 4) is 5.75 Å². The third-order valence-corrected chi connectivity index (χ3v) is 3.96. The normalized spacial score (nSPS) is 9.56. The molecule has 5 N–H and O–H groups in total. The summed E-state index contributed by atoms with van der Waals surface area (Å²) in [7, 11) is 0. The molecule has 0 aliphatic heterocycles. The average Bonchev–Trinajstić information content (AvgIpc) is 2.66. The number of hydrogen-bond acceptors (Lipinski definition) is 4. The molecule has 4 nitrogen and oxygen atoms in total. The molecule has 0 saturated carbocycles. The predicted molar refractivity (Wildman–Crippen MR) is 109 cm³/mol. The van der Waals surface area contributed by atoms with Gasteiger partial charge in [0, 0.05) is 13.1 Å². The van der Waals surface area contributed by atoms with Crippen LogP contribution in [0.4, 0.5) is 0 Å². The van der Waals surface area contributed by atoms with Crippen LogP contribution < -0.4 is 11.5 Å². The van der Waals surface area contributed by atoms with Crippen LogP contribution in [0.5, 0.6) is 5.75 Å². The van der Waals surface area contributed by atoms with Crippen molar-refractivity contribution in [1.82, 2.24) is 0 Å². The quantitative estimate of drug-likeness (QED) is 0.480. The molecule has 0 aliphatic carbocycles. The third-order valence-electron chi connectivity index (χ3n) is 3.96. The van der Waals surface area contributed by atoms with Crippen LogP contribution >= 0.6 is 0 Å². The largest absolute Gasteiger partial charge is 0.508 e. The standard InChI is InChI=1S/C18H30O.C2H8N2.CH2O/c1-2-3-4-5-6-7-8-9-10-11-14-17-15-12-13-16-18(17)19;3-1-2-4;1-2/h12-13,15-16,19H,2-11,14H2,1H3;1-4H2;1H2. The van der Waals surface area contributed by atoms with Crippen molar-refractivity contribution in [1.29, 1.82) is 0 Å². The molecule has 4 heteroatoms. The van der Waals surface area contributed by atoms with Gasteiger partial charge in [-0.3, -0.25) is 0 Å². The maximum Gasteiger partial charge on any atom is 0.118 e. The molecule has 0 aromatic heterocycles. The number of phenolic OH excluding ortho intramolecular Hbond substituents is 1. The Kier molecular flexibility index (Phi) is 23.4. The Balaban J connectivity index is 0. The SMILES string of the molecule is C=O.CCCCCCCCCCCCc1ccccc1O.NCCN. The van der Waals surface area contributed by atoms with Gasteiger partial charge in [-0.05, 0) is 24.5 Å². The highest BCUT2D eigenvalue weighted by Crippen LogP contribution is 2.19. The van der Waals surface area contributed by atoms with Crippen molar-refractivity contribution in [3.63, 3.8) is 0 Å². The molecule has 1 aromatic carbocycles.